The molecule has 0 saturated heterocycles. The molecule has 2 N–H and O–H groups in total. The number of hydrogen-bond donors (Lipinski definition) is 2. The first-order valence-electron chi connectivity index (χ1n) is 11.2. The van der Waals surface area contributed by atoms with Gasteiger partial charge in [0.1, 0.15) is 0 Å². The van der Waals surface area contributed by atoms with E-state index in [0.29, 0.717) is 23.6 Å². The van der Waals surface area contributed by atoms with Crippen molar-refractivity contribution in [2.45, 2.75) is 20.8 Å². The number of amides is 2. The number of nitro groups is 1. The minimum Gasteiger partial charge on any atom is -0.490 e. The summed E-state index contributed by atoms with van der Waals surface area (Å²) in [4.78, 5) is 35.0. The van der Waals surface area contributed by atoms with E-state index in [1.807, 2.05) is 32.0 Å². The third-order valence-electron chi connectivity index (χ3n) is 5.05. The summed E-state index contributed by atoms with van der Waals surface area (Å²) in [5.74, 6) is -0.494. The monoisotopic (exact) mass is 524 g/mol. The van der Waals surface area contributed by atoms with Crippen molar-refractivity contribution in [3.8, 4) is 11.5 Å². The first-order valence-corrected chi connectivity index (χ1v) is 11.6. The first kappa shape index (κ1) is 27.2. The number of carbonyl (C=O) groups is 2. The Morgan fingerprint density at radius 2 is 1.89 bits per heavy atom. The lowest BCUT2D eigenvalue weighted by molar-refractivity contribution is -0.384. The van der Waals surface area contributed by atoms with Crippen LogP contribution in [0, 0.1) is 24.0 Å². The third-order valence-corrected chi connectivity index (χ3v) is 5.33. The Hall–Kier alpha value is -4.44. The van der Waals surface area contributed by atoms with Crippen LogP contribution in [0.25, 0.3) is 0 Å². The van der Waals surface area contributed by atoms with Gasteiger partial charge in [-0.3, -0.25) is 19.7 Å². The molecular weight excluding hydrogens is 500 g/mol. The normalized spacial score (nSPS) is 10.7. The molecule has 3 aromatic carbocycles. The molecule has 3 aromatic rings. The molecule has 0 atom stereocenters. The number of aryl methyl sites for hydroxylation is 2. The van der Waals surface area contributed by atoms with Gasteiger partial charge in [-0.2, -0.15) is 5.10 Å². The maximum atomic E-state index is 12.5. The van der Waals surface area contributed by atoms with E-state index >= 15 is 0 Å². The number of ether oxygens (including phenoxy) is 2. The van der Waals surface area contributed by atoms with Gasteiger partial charge in [-0.05, 0) is 61.7 Å². The fourth-order valence-corrected chi connectivity index (χ4v) is 3.52. The van der Waals surface area contributed by atoms with Crippen LogP contribution in [0.1, 0.15) is 34.0 Å². The van der Waals surface area contributed by atoms with Crippen molar-refractivity contribution in [2.75, 3.05) is 18.5 Å². The maximum absolute atomic E-state index is 12.5. The molecule has 0 aliphatic rings. The zero-order chi connectivity index (χ0) is 26.9. The second kappa shape index (κ2) is 12.5. The van der Waals surface area contributed by atoms with Crippen molar-refractivity contribution in [3.05, 3.63) is 92.0 Å². The highest BCUT2D eigenvalue weighted by molar-refractivity contribution is 6.32. The van der Waals surface area contributed by atoms with E-state index in [4.69, 9.17) is 21.1 Å². The summed E-state index contributed by atoms with van der Waals surface area (Å²) in [5.41, 5.74) is 5.31. The summed E-state index contributed by atoms with van der Waals surface area (Å²) in [7, 11) is 0. The van der Waals surface area contributed by atoms with Crippen molar-refractivity contribution in [3.63, 3.8) is 0 Å². The average Bonchev–Trinajstić information content (AvgIpc) is 2.86. The predicted octanol–water partition coefficient (Wildman–Crippen LogP) is 5.05. The molecule has 192 valence electrons. The van der Waals surface area contributed by atoms with Crippen LogP contribution in [0.2, 0.25) is 5.02 Å². The number of hydrazone groups is 1. The molecule has 37 heavy (non-hydrogen) atoms. The third kappa shape index (κ3) is 7.52. The molecule has 0 aromatic heterocycles. The standard InChI is InChI=1S/C26H25ClN4O6/c1-4-36-23-12-18(14-28-30-26(33)19-6-5-7-20(13-19)31(34)35)11-21(27)25(23)37-15-24(32)29-22-10-16(2)8-9-17(22)3/h5-14H,4,15H2,1-3H3,(H,29,32)(H,30,33)/b28-14+. The number of nitrogens with zero attached hydrogens (tertiary/aromatic N) is 2. The van der Waals surface area contributed by atoms with Gasteiger partial charge in [-0.15, -0.1) is 0 Å². The molecular formula is C26H25ClN4O6. The molecule has 3 rings (SSSR count). The predicted molar refractivity (Wildman–Crippen MR) is 141 cm³/mol. The van der Waals surface area contributed by atoms with E-state index in [-0.39, 0.29) is 34.5 Å². The van der Waals surface area contributed by atoms with Gasteiger partial charge in [-0.25, -0.2) is 5.43 Å². The highest BCUT2D eigenvalue weighted by Gasteiger charge is 2.15. The van der Waals surface area contributed by atoms with Gasteiger partial charge >= 0.3 is 0 Å². The molecule has 0 spiro atoms. The molecule has 0 saturated carbocycles. The van der Waals surface area contributed by atoms with Crippen LogP contribution in [0.15, 0.2) is 59.7 Å². The zero-order valence-electron chi connectivity index (χ0n) is 20.4. The van der Waals surface area contributed by atoms with Gasteiger partial charge < -0.3 is 14.8 Å². The van der Waals surface area contributed by atoms with E-state index in [1.165, 1.54) is 30.5 Å². The van der Waals surface area contributed by atoms with Gasteiger partial charge in [0.2, 0.25) is 0 Å². The summed E-state index contributed by atoms with van der Waals surface area (Å²) in [6.07, 6.45) is 1.33. The van der Waals surface area contributed by atoms with Gasteiger partial charge in [0.05, 0.1) is 22.8 Å². The van der Waals surface area contributed by atoms with E-state index in [2.05, 4.69) is 15.8 Å². The van der Waals surface area contributed by atoms with E-state index in [9.17, 15) is 19.7 Å². The summed E-state index contributed by atoms with van der Waals surface area (Å²) in [6, 6.07) is 14.2. The van der Waals surface area contributed by atoms with Crippen LogP contribution in [-0.4, -0.2) is 36.2 Å². The largest absolute Gasteiger partial charge is 0.490 e. The van der Waals surface area contributed by atoms with E-state index in [0.717, 1.165) is 17.2 Å². The second-order valence-corrected chi connectivity index (χ2v) is 8.33. The zero-order valence-corrected chi connectivity index (χ0v) is 21.2. The summed E-state index contributed by atoms with van der Waals surface area (Å²) in [5, 5.41) is 17.8. The van der Waals surface area contributed by atoms with E-state index < -0.39 is 10.8 Å². The second-order valence-electron chi connectivity index (χ2n) is 7.92. The number of benzene rings is 3. The van der Waals surface area contributed by atoms with Gasteiger partial charge in [0.25, 0.3) is 17.5 Å². The Kier molecular flexibility index (Phi) is 9.17. The lowest BCUT2D eigenvalue weighted by atomic mass is 10.1. The number of carbonyl (C=O) groups excluding carboxylic acids is 2. The fraction of sp³-hybridized carbons (Fsp3) is 0.192. The number of halogens is 1. The fourth-order valence-electron chi connectivity index (χ4n) is 3.25. The highest BCUT2D eigenvalue weighted by atomic mass is 35.5. The van der Waals surface area contributed by atoms with Crippen molar-refractivity contribution in [2.24, 2.45) is 5.10 Å². The molecule has 10 nitrogen and oxygen atoms in total. The number of nitrogens with one attached hydrogen (secondary N) is 2. The van der Waals surface area contributed by atoms with Crippen LogP contribution >= 0.6 is 11.6 Å². The smallest absolute Gasteiger partial charge is 0.271 e. The van der Waals surface area contributed by atoms with E-state index in [1.54, 1.807) is 13.0 Å². The van der Waals surface area contributed by atoms with Crippen molar-refractivity contribution < 1.29 is 24.0 Å². The number of non-ortho nitro benzene ring substituents is 1. The molecule has 11 heteroatoms. The molecule has 0 radical (unpaired) electrons. The van der Waals surface area contributed by atoms with Crippen LogP contribution < -0.4 is 20.2 Å². The maximum Gasteiger partial charge on any atom is 0.271 e. The molecule has 0 unspecified atom stereocenters. The summed E-state index contributed by atoms with van der Waals surface area (Å²) < 4.78 is 11.3. The van der Waals surface area contributed by atoms with Crippen LogP contribution in [-0.2, 0) is 4.79 Å². The van der Waals surface area contributed by atoms with Crippen molar-refractivity contribution in [1.82, 2.24) is 5.43 Å². The number of nitro benzene ring substituents is 1. The van der Waals surface area contributed by atoms with Gasteiger partial charge in [0.15, 0.2) is 18.1 Å². The highest BCUT2D eigenvalue weighted by Crippen LogP contribution is 2.36. The van der Waals surface area contributed by atoms with Crippen molar-refractivity contribution in [1.29, 1.82) is 0 Å². The number of rotatable bonds is 10. The lowest BCUT2D eigenvalue weighted by Crippen LogP contribution is -2.21. The first-order chi connectivity index (χ1) is 17.7. The Balaban J connectivity index is 1.68. The Morgan fingerprint density at radius 1 is 1.11 bits per heavy atom. The Bertz CT molecular complexity index is 1360. The molecule has 0 aliphatic carbocycles. The number of hydrogen-bond acceptors (Lipinski definition) is 7. The van der Waals surface area contributed by atoms with Crippen LogP contribution in [0.4, 0.5) is 11.4 Å². The topological polar surface area (TPSA) is 132 Å². The average molecular weight is 525 g/mol. The Morgan fingerprint density at radius 3 is 2.62 bits per heavy atom. The quantitative estimate of drug-likeness (QED) is 0.217. The summed E-state index contributed by atoms with van der Waals surface area (Å²) >= 11 is 6.39. The molecule has 0 fully saturated rings. The Labute approximate surface area is 218 Å². The molecule has 0 aliphatic heterocycles. The van der Waals surface area contributed by atoms with Crippen LogP contribution in [0.3, 0.4) is 0 Å². The molecule has 0 bridgehead atoms. The lowest BCUT2D eigenvalue weighted by Gasteiger charge is -2.15. The molecule has 2 amide bonds. The van der Waals surface area contributed by atoms with Gasteiger partial charge in [-0.1, -0.05) is 29.8 Å². The van der Waals surface area contributed by atoms with Crippen molar-refractivity contribution >= 4 is 41.0 Å². The SMILES string of the molecule is CCOc1cc(/C=N/NC(=O)c2cccc([N+](=O)[O-])c2)cc(Cl)c1OCC(=O)Nc1cc(C)ccc1C. The summed E-state index contributed by atoms with van der Waals surface area (Å²) in [6.45, 7) is 5.63. The minimum absolute atomic E-state index is 0.0854. The number of anilines is 1. The van der Waals surface area contributed by atoms with Gasteiger partial charge in [0, 0.05) is 23.4 Å². The van der Waals surface area contributed by atoms with Crippen LogP contribution in [0.5, 0.6) is 11.5 Å². The molecule has 0 heterocycles. The minimum atomic E-state index is -0.620.